The lowest BCUT2D eigenvalue weighted by atomic mass is 10.1. The zero-order valence-electron chi connectivity index (χ0n) is 14.3. The molecule has 0 aliphatic rings. The normalized spacial score (nSPS) is 10.9. The third-order valence-electron chi connectivity index (χ3n) is 3.88. The minimum Gasteiger partial charge on any atom is -0.454 e. The van der Waals surface area contributed by atoms with Crippen LogP contribution in [0.5, 0.6) is 11.5 Å². The number of ether oxygens (including phenoxy) is 1. The molecule has 8 heteroatoms. The molecule has 0 fully saturated rings. The molecule has 4 aromatic heterocycles. The van der Waals surface area contributed by atoms with Gasteiger partial charge < -0.3 is 4.74 Å². The molecular weight excluding hydrogens is 366 g/mol. The molecule has 0 saturated heterocycles. The first-order chi connectivity index (χ1) is 13.1. The number of nitrogens with zero attached hydrogens (tertiary/aromatic N) is 5. The molecule has 0 unspecified atom stereocenters. The number of hydrogen-bond donors (Lipinski definition) is 0. The lowest BCUT2D eigenvalue weighted by molar-refractivity contribution is 0.0992. The minimum atomic E-state index is -0.126. The molecule has 0 saturated carbocycles. The maximum absolute atomic E-state index is 12.9. The van der Waals surface area contributed by atoms with Crippen molar-refractivity contribution in [2.24, 2.45) is 0 Å². The van der Waals surface area contributed by atoms with Crippen LogP contribution in [0, 0.1) is 6.92 Å². The maximum atomic E-state index is 12.9. The van der Waals surface area contributed by atoms with Crippen LogP contribution >= 0.6 is 11.6 Å². The summed E-state index contributed by atoms with van der Waals surface area (Å²) in [4.78, 5) is 25.3. The summed E-state index contributed by atoms with van der Waals surface area (Å²) >= 11 is 5.94. The Balaban J connectivity index is 1.67. The number of aromatic nitrogens is 5. The average molecular weight is 380 g/mol. The summed E-state index contributed by atoms with van der Waals surface area (Å²) in [5, 5.41) is 4.57. The molecule has 0 aromatic carbocycles. The van der Waals surface area contributed by atoms with Gasteiger partial charge in [-0.15, -0.1) is 0 Å². The molecule has 0 radical (unpaired) electrons. The smallest absolute Gasteiger partial charge is 0.172 e. The second-order valence-electron chi connectivity index (χ2n) is 5.99. The molecule has 0 spiro atoms. The van der Waals surface area contributed by atoms with Gasteiger partial charge in [0.15, 0.2) is 11.4 Å². The molecular formula is C19H14ClN5O2. The van der Waals surface area contributed by atoms with Gasteiger partial charge in [0.05, 0.1) is 29.4 Å². The van der Waals surface area contributed by atoms with E-state index in [2.05, 4.69) is 20.1 Å². The van der Waals surface area contributed by atoms with E-state index < -0.39 is 0 Å². The van der Waals surface area contributed by atoms with Gasteiger partial charge in [0.2, 0.25) is 0 Å². The number of hydrogen-bond acceptors (Lipinski definition) is 6. The second kappa shape index (κ2) is 7.13. The number of halogens is 1. The van der Waals surface area contributed by atoms with E-state index in [-0.39, 0.29) is 12.2 Å². The molecule has 0 aliphatic heterocycles. The van der Waals surface area contributed by atoms with Crippen molar-refractivity contribution in [1.82, 2.24) is 24.6 Å². The lowest BCUT2D eigenvalue weighted by Crippen LogP contribution is -2.08. The molecule has 27 heavy (non-hydrogen) atoms. The average Bonchev–Trinajstić information content (AvgIpc) is 3.11. The summed E-state index contributed by atoms with van der Waals surface area (Å²) in [6.07, 6.45) is 7.98. The summed E-state index contributed by atoms with van der Waals surface area (Å²) in [7, 11) is 0. The Kier molecular flexibility index (Phi) is 4.52. The number of fused-ring (bicyclic) bond motifs is 1. The predicted octanol–water partition coefficient (Wildman–Crippen LogP) is 3.70. The fraction of sp³-hybridized carbons (Fsp3) is 0.105. The van der Waals surface area contributed by atoms with Crippen molar-refractivity contribution in [3.05, 3.63) is 77.2 Å². The number of Topliss-reactive ketones (excluding diaryl/α,β-unsaturated/α-hetero) is 1. The molecule has 0 bridgehead atoms. The SMILES string of the molecule is Cc1ccc(CC(=O)c2cc(Oc3cncc(Cl)c3)cn3ncnc23)nc1. The summed E-state index contributed by atoms with van der Waals surface area (Å²) < 4.78 is 7.29. The van der Waals surface area contributed by atoms with Gasteiger partial charge in [-0.1, -0.05) is 17.7 Å². The van der Waals surface area contributed by atoms with E-state index in [0.717, 1.165) is 5.56 Å². The monoisotopic (exact) mass is 379 g/mol. The molecule has 4 aromatic rings. The van der Waals surface area contributed by atoms with Crippen LogP contribution < -0.4 is 4.74 Å². The largest absolute Gasteiger partial charge is 0.454 e. The van der Waals surface area contributed by atoms with Crippen LogP contribution in [-0.2, 0) is 6.42 Å². The van der Waals surface area contributed by atoms with Crippen molar-refractivity contribution in [1.29, 1.82) is 0 Å². The quantitative estimate of drug-likeness (QED) is 0.492. The highest BCUT2D eigenvalue weighted by atomic mass is 35.5. The summed E-state index contributed by atoms with van der Waals surface area (Å²) in [6.45, 7) is 1.95. The van der Waals surface area contributed by atoms with E-state index in [1.165, 1.54) is 23.2 Å². The van der Waals surface area contributed by atoms with Crippen molar-refractivity contribution in [3.8, 4) is 11.5 Å². The predicted molar refractivity (Wildman–Crippen MR) is 99.3 cm³/mol. The van der Waals surface area contributed by atoms with Crippen molar-refractivity contribution >= 4 is 23.0 Å². The number of rotatable bonds is 5. The standard InChI is InChI=1S/C19H14ClN5O2/c1-12-2-3-14(22-7-12)5-18(26)17-6-16(10-25-19(17)23-11-24-25)27-15-4-13(20)8-21-9-15/h2-4,6-11H,5H2,1H3. The Morgan fingerprint density at radius 1 is 1.15 bits per heavy atom. The first-order valence-corrected chi connectivity index (χ1v) is 8.53. The van der Waals surface area contributed by atoms with Crippen LogP contribution in [0.2, 0.25) is 5.02 Å². The topological polar surface area (TPSA) is 82.3 Å². The lowest BCUT2D eigenvalue weighted by Gasteiger charge is -2.09. The first-order valence-electron chi connectivity index (χ1n) is 8.15. The van der Waals surface area contributed by atoms with Gasteiger partial charge in [-0.25, -0.2) is 9.50 Å². The number of carbonyl (C=O) groups is 1. The van der Waals surface area contributed by atoms with Gasteiger partial charge in [0.1, 0.15) is 17.8 Å². The number of aryl methyl sites for hydroxylation is 1. The van der Waals surface area contributed by atoms with Gasteiger partial charge in [-0.2, -0.15) is 5.10 Å². The Morgan fingerprint density at radius 2 is 2.04 bits per heavy atom. The van der Waals surface area contributed by atoms with E-state index in [1.807, 2.05) is 19.1 Å². The summed E-state index contributed by atoms with van der Waals surface area (Å²) in [5.74, 6) is 0.761. The molecule has 0 amide bonds. The Hall–Kier alpha value is -3.32. The van der Waals surface area contributed by atoms with E-state index in [9.17, 15) is 4.79 Å². The summed E-state index contributed by atoms with van der Waals surface area (Å²) in [5.41, 5.74) is 2.59. The highest BCUT2D eigenvalue weighted by molar-refractivity contribution is 6.30. The maximum Gasteiger partial charge on any atom is 0.172 e. The van der Waals surface area contributed by atoms with E-state index in [0.29, 0.717) is 33.4 Å². The van der Waals surface area contributed by atoms with Crippen LogP contribution in [0.1, 0.15) is 21.6 Å². The number of ketones is 1. The van der Waals surface area contributed by atoms with Gasteiger partial charge in [0, 0.05) is 24.2 Å². The van der Waals surface area contributed by atoms with E-state index in [1.54, 1.807) is 24.5 Å². The van der Waals surface area contributed by atoms with E-state index >= 15 is 0 Å². The van der Waals surface area contributed by atoms with Crippen molar-refractivity contribution in [2.75, 3.05) is 0 Å². The first kappa shape index (κ1) is 17.1. The van der Waals surface area contributed by atoms with Crippen molar-refractivity contribution in [2.45, 2.75) is 13.3 Å². The highest BCUT2D eigenvalue weighted by Crippen LogP contribution is 2.25. The Morgan fingerprint density at radius 3 is 2.81 bits per heavy atom. The molecule has 0 atom stereocenters. The fourth-order valence-electron chi connectivity index (χ4n) is 2.61. The fourth-order valence-corrected chi connectivity index (χ4v) is 2.77. The molecule has 4 heterocycles. The number of pyridine rings is 3. The van der Waals surface area contributed by atoms with Crippen LogP contribution in [-0.4, -0.2) is 30.3 Å². The Labute approximate surface area is 159 Å². The van der Waals surface area contributed by atoms with Gasteiger partial charge in [0.25, 0.3) is 0 Å². The minimum absolute atomic E-state index is 0.126. The van der Waals surface area contributed by atoms with Gasteiger partial charge in [-0.3, -0.25) is 14.8 Å². The van der Waals surface area contributed by atoms with Crippen LogP contribution in [0.25, 0.3) is 5.65 Å². The third-order valence-corrected chi connectivity index (χ3v) is 4.09. The molecule has 0 N–H and O–H groups in total. The van der Waals surface area contributed by atoms with E-state index in [4.69, 9.17) is 16.3 Å². The molecule has 4 rings (SSSR count). The summed E-state index contributed by atoms with van der Waals surface area (Å²) in [6, 6.07) is 7.04. The molecule has 7 nitrogen and oxygen atoms in total. The highest BCUT2D eigenvalue weighted by Gasteiger charge is 2.16. The molecule has 0 aliphatic carbocycles. The zero-order valence-corrected chi connectivity index (χ0v) is 15.1. The van der Waals surface area contributed by atoms with Crippen LogP contribution in [0.15, 0.2) is 55.4 Å². The number of carbonyl (C=O) groups excluding carboxylic acids is 1. The second-order valence-corrected chi connectivity index (χ2v) is 6.42. The van der Waals surface area contributed by atoms with Gasteiger partial charge in [-0.05, 0) is 24.6 Å². The molecule has 134 valence electrons. The zero-order chi connectivity index (χ0) is 18.8. The Bertz CT molecular complexity index is 1120. The van der Waals surface area contributed by atoms with Crippen molar-refractivity contribution in [3.63, 3.8) is 0 Å². The van der Waals surface area contributed by atoms with Crippen molar-refractivity contribution < 1.29 is 9.53 Å². The van der Waals surface area contributed by atoms with Crippen LogP contribution in [0.4, 0.5) is 0 Å². The van der Waals surface area contributed by atoms with Gasteiger partial charge >= 0.3 is 0 Å². The third kappa shape index (κ3) is 3.78. The van der Waals surface area contributed by atoms with Crippen LogP contribution in [0.3, 0.4) is 0 Å².